The van der Waals surface area contributed by atoms with Gasteiger partial charge in [0.1, 0.15) is 10.1 Å². The monoisotopic (exact) mass is 474 g/mol. The van der Waals surface area contributed by atoms with Gasteiger partial charge in [-0.3, -0.25) is 4.79 Å². The molecule has 0 fully saturated rings. The Kier molecular flexibility index (Phi) is 7.02. The van der Waals surface area contributed by atoms with E-state index in [-0.39, 0.29) is 28.6 Å². The van der Waals surface area contributed by atoms with E-state index < -0.39 is 26.0 Å². The first-order valence-electron chi connectivity index (χ1n) is 10.1. The van der Waals surface area contributed by atoms with Crippen LogP contribution in [0.1, 0.15) is 43.7 Å². The molecular formula is C23H24NO6S2-. The number of fused-ring (bicyclic) bond motifs is 1. The van der Waals surface area contributed by atoms with E-state index in [0.717, 1.165) is 5.56 Å². The van der Waals surface area contributed by atoms with Gasteiger partial charge in [-0.1, -0.05) is 56.3 Å². The predicted molar refractivity (Wildman–Crippen MR) is 120 cm³/mol. The summed E-state index contributed by atoms with van der Waals surface area (Å²) in [4.78, 5) is 11.9. The van der Waals surface area contributed by atoms with Gasteiger partial charge >= 0.3 is 0 Å². The summed E-state index contributed by atoms with van der Waals surface area (Å²) in [6.07, 6.45) is 0.517. The molecule has 1 aromatic carbocycles. The van der Waals surface area contributed by atoms with Gasteiger partial charge in [0.15, 0.2) is 0 Å². The molecule has 0 bridgehead atoms. The summed E-state index contributed by atoms with van der Waals surface area (Å²) in [7, 11) is -8.62. The summed E-state index contributed by atoms with van der Waals surface area (Å²) in [5.74, 6) is -0.438. The van der Waals surface area contributed by atoms with Gasteiger partial charge in [-0.25, -0.2) is 21.6 Å². The average molecular weight is 475 g/mol. The van der Waals surface area contributed by atoms with Crippen LogP contribution in [0.3, 0.4) is 0 Å². The smallest absolute Gasteiger partial charge is 0.264 e. The van der Waals surface area contributed by atoms with Crippen molar-refractivity contribution in [3.8, 4) is 11.1 Å². The van der Waals surface area contributed by atoms with Crippen LogP contribution in [0, 0.1) is 0 Å². The lowest BCUT2D eigenvalue weighted by atomic mass is 10.0. The van der Waals surface area contributed by atoms with E-state index in [1.165, 1.54) is 18.2 Å². The first-order valence-corrected chi connectivity index (χ1v) is 13.0. The largest absolute Gasteiger partial charge is 0.744 e. The highest BCUT2D eigenvalue weighted by Gasteiger charge is 2.20. The minimum atomic E-state index is -4.68. The minimum absolute atomic E-state index is 0.00544. The van der Waals surface area contributed by atoms with Crippen LogP contribution in [0.4, 0.5) is 0 Å². The Labute approximate surface area is 188 Å². The Balaban J connectivity index is 1.77. The van der Waals surface area contributed by atoms with E-state index in [1.807, 2.05) is 24.6 Å². The molecule has 0 aromatic heterocycles. The highest BCUT2D eigenvalue weighted by molar-refractivity contribution is 7.90. The second-order valence-electron chi connectivity index (χ2n) is 7.83. The lowest BCUT2D eigenvalue weighted by molar-refractivity contribution is -0.119. The zero-order valence-corrected chi connectivity index (χ0v) is 19.4. The molecule has 0 heterocycles. The molecule has 1 amide bonds. The molecule has 0 saturated heterocycles. The van der Waals surface area contributed by atoms with E-state index in [0.29, 0.717) is 23.1 Å². The molecule has 1 aromatic rings. The molecule has 1 N–H and O–H groups in total. The predicted octanol–water partition coefficient (Wildman–Crippen LogP) is 3.65. The van der Waals surface area contributed by atoms with Gasteiger partial charge < -0.3 is 4.55 Å². The highest BCUT2D eigenvalue weighted by Crippen LogP contribution is 2.36. The number of hydrogen-bond acceptors (Lipinski definition) is 6. The van der Waals surface area contributed by atoms with Gasteiger partial charge in [-0.05, 0) is 59.2 Å². The van der Waals surface area contributed by atoms with Gasteiger partial charge in [0.2, 0.25) is 5.91 Å². The van der Waals surface area contributed by atoms with E-state index in [2.05, 4.69) is 0 Å². The van der Waals surface area contributed by atoms with E-state index in [1.54, 1.807) is 36.4 Å². The Morgan fingerprint density at radius 3 is 2.16 bits per heavy atom. The molecule has 0 atom stereocenters. The zero-order valence-electron chi connectivity index (χ0n) is 17.7. The fourth-order valence-corrected chi connectivity index (χ4v) is 5.27. The van der Waals surface area contributed by atoms with Crippen LogP contribution < -0.4 is 4.72 Å². The zero-order chi connectivity index (χ0) is 23.5. The maximum absolute atomic E-state index is 12.3. The number of amides is 1. The first-order chi connectivity index (χ1) is 15.0. The summed E-state index contributed by atoms with van der Waals surface area (Å²) in [5.41, 5.74) is 2.59. The molecule has 0 saturated carbocycles. The summed E-state index contributed by atoms with van der Waals surface area (Å²) in [6.45, 7) is 4.02. The Morgan fingerprint density at radius 2 is 1.56 bits per heavy atom. The van der Waals surface area contributed by atoms with Crippen LogP contribution in [0.25, 0.3) is 11.1 Å². The second kappa shape index (κ2) is 9.40. The van der Waals surface area contributed by atoms with Crippen LogP contribution in [-0.4, -0.2) is 27.3 Å². The fourth-order valence-electron chi connectivity index (χ4n) is 3.50. The topological polar surface area (TPSA) is 120 Å². The molecular weight excluding hydrogens is 450 g/mol. The molecule has 2 aliphatic rings. The van der Waals surface area contributed by atoms with Crippen molar-refractivity contribution < 1.29 is 26.2 Å². The standard InChI is InChI=1S/C23H25NO6S2/c1-16(2)17-11-13-20-18(15-22(32(28,29)30)21(20)14-12-17)7-6-10-23(25)24-31(26,27)19-8-4-3-5-9-19/h3-5,8-9,11-16H,6-7,10H2,1-2H3,(H,24,25)(H,28,29,30)/p-1. The Morgan fingerprint density at radius 1 is 0.938 bits per heavy atom. The molecule has 170 valence electrons. The number of benzene rings is 1. The van der Waals surface area contributed by atoms with Gasteiger partial charge in [-0.2, -0.15) is 0 Å². The molecule has 0 aliphatic heterocycles. The number of rotatable bonds is 8. The number of carbonyl (C=O) groups is 1. The van der Waals surface area contributed by atoms with Crippen molar-refractivity contribution in [3.63, 3.8) is 0 Å². The number of hydrogen-bond donors (Lipinski definition) is 1. The normalized spacial score (nSPS) is 12.2. The average Bonchev–Trinajstić information content (AvgIpc) is 2.91. The molecule has 0 radical (unpaired) electrons. The van der Waals surface area contributed by atoms with Crippen molar-refractivity contribution in [2.75, 3.05) is 0 Å². The SMILES string of the molecule is CC(C)c1ccc2c(CCCC(=O)NS(=O)(=O)c3ccccc3)cc(S(=O)(=O)[O-])c-2cc1. The summed E-state index contributed by atoms with van der Waals surface area (Å²) >= 11 is 0. The molecule has 9 heteroatoms. The summed E-state index contributed by atoms with van der Waals surface area (Å²) in [5, 5.41) is 0. The van der Waals surface area contributed by atoms with Crippen LogP contribution in [0.2, 0.25) is 0 Å². The van der Waals surface area contributed by atoms with Crippen LogP contribution in [0.5, 0.6) is 0 Å². The first kappa shape index (κ1) is 23.9. The van der Waals surface area contributed by atoms with E-state index >= 15 is 0 Å². The second-order valence-corrected chi connectivity index (χ2v) is 10.9. The highest BCUT2D eigenvalue weighted by atomic mass is 32.2. The Hall–Kier alpha value is -2.75. The van der Waals surface area contributed by atoms with Crippen molar-refractivity contribution >= 4 is 26.0 Å². The number of aryl methyl sites for hydroxylation is 1. The van der Waals surface area contributed by atoms with Gasteiger partial charge in [0.05, 0.1) is 9.79 Å². The van der Waals surface area contributed by atoms with Gasteiger partial charge in [-0.15, -0.1) is 0 Å². The summed E-state index contributed by atoms with van der Waals surface area (Å²) in [6, 6.07) is 16.0. The minimum Gasteiger partial charge on any atom is -0.744 e. The van der Waals surface area contributed by atoms with Gasteiger partial charge in [0.25, 0.3) is 10.0 Å². The van der Waals surface area contributed by atoms with Crippen molar-refractivity contribution in [2.24, 2.45) is 0 Å². The van der Waals surface area contributed by atoms with Gasteiger partial charge in [0, 0.05) is 6.42 Å². The molecule has 32 heavy (non-hydrogen) atoms. The maximum Gasteiger partial charge on any atom is 0.264 e. The van der Waals surface area contributed by atoms with Crippen molar-refractivity contribution in [2.45, 2.75) is 48.8 Å². The number of sulfonamides is 1. The van der Waals surface area contributed by atoms with Crippen LogP contribution in [-0.2, 0) is 31.4 Å². The molecule has 7 nitrogen and oxygen atoms in total. The quantitative estimate of drug-likeness (QED) is 0.498. The third kappa shape index (κ3) is 5.53. The van der Waals surface area contributed by atoms with Crippen molar-refractivity contribution in [1.29, 1.82) is 0 Å². The molecule has 3 rings (SSSR count). The molecule has 0 spiro atoms. The van der Waals surface area contributed by atoms with E-state index in [4.69, 9.17) is 0 Å². The fraction of sp³-hybridized carbons (Fsp3) is 0.261. The lowest BCUT2D eigenvalue weighted by Gasteiger charge is -2.07. The third-order valence-corrected chi connectivity index (χ3v) is 7.45. The number of carbonyl (C=O) groups excluding carboxylic acids is 1. The van der Waals surface area contributed by atoms with Crippen molar-refractivity contribution in [3.05, 3.63) is 71.8 Å². The molecule has 2 aliphatic carbocycles. The summed E-state index contributed by atoms with van der Waals surface area (Å²) < 4.78 is 61.8. The van der Waals surface area contributed by atoms with Crippen molar-refractivity contribution in [1.82, 2.24) is 4.72 Å². The third-order valence-electron chi connectivity index (χ3n) is 5.18. The number of nitrogens with one attached hydrogen (secondary N) is 1. The van der Waals surface area contributed by atoms with Crippen LogP contribution in [0.15, 0.2) is 70.5 Å². The molecule has 0 unspecified atom stereocenters. The lowest BCUT2D eigenvalue weighted by Crippen LogP contribution is -2.30. The van der Waals surface area contributed by atoms with Crippen LogP contribution >= 0.6 is 0 Å². The van der Waals surface area contributed by atoms with E-state index in [9.17, 15) is 26.2 Å². The Bertz CT molecular complexity index is 1300. The maximum atomic E-state index is 12.3.